The van der Waals surface area contributed by atoms with Crippen molar-refractivity contribution in [2.45, 2.75) is 25.4 Å². The number of benzene rings is 1. The van der Waals surface area contributed by atoms with Gasteiger partial charge in [0, 0.05) is 54.9 Å². The number of anilines is 1. The summed E-state index contributed by atoms with van der Waals surface area (Å²) in [6, 6.07) is 14.7. The van der Waals surface area contributed by atoms with Crippen molar-refractivity contribution in [1.29, 1.82) is 0 Å². The molecule has 0 radical (unpaired) electrons. The molecule has 3 aromatic rings. The number of hydrogen-bond acceptors (Lipinski definition) is 4. The van der Waals surface area contributed by atoms with E-state index >= 15 is 0 Å². The van der Waals surface area contributed by atoms with Crippen LogP contribution in [0, 0.1) is 0 Å². The lowest BCUT2D eigenvalue weighted by Gasteiger charge is -2.17. The average molecular weight is 499 g/mol. The summed E-state index contributed by atoms with van der Waals surface area (Å²) in [5.41, 5.74) is 7.11. The van der Waals surface area contributed by atoms with Gasteiger partial charge in [0.15, 0.2) is 0 Å². The van der Waals surface area contributed by atoms with E-state index in [4.69, 9.17) is 9.90 Å². The molecule has 1 saturated heterocycles. The highest BCUT2D eigenvalue weighted by molar-refractivity contribution is 5.97. The van der Waals surface area contributed by atoms with Crippen LogP contribution >= 0.6 is 0 Å². The van der Waals surface area contributed by atoms with Gasteiger partial charge in [0.2, 0.25) is 0 Å². The normalized spacial score (nSPS) is 15.3. The summed E-state index contributed by atoms with van der Waals surface area (Å²) in [6.45, 7) is 3.01. The Kier molecular flexibility index (Phi) is 7.42. The minimum absolute atomic E-state index is 0.000280. The summed E-state index contributed by atoms with van der Waals surface area (Å²) >= 11 is 0. The van der Waals surface area contributed by atoms with Crippen molar-refractivity contribution in [1.82, 2.24) is 15.3 Å². The van der Waals surface area contributed by atoms with Crippen molar-refractivity contribution in [2.24, 2.45) is 0 Å². The number of hydrogen-bond donors (Lipinski definition) is 3. The lowest BCUT2D eigenvalue weighted by molar-refractivity contribution is -0.192. The minimum atomic E-state index is -5.08. The molecule has 1 fully saturated rings. The number of carboxylic acids is 1. The fourth-order valence-corrected chi connectivity index (χ4v) is 4.11. The minimum Gasteiger partial charge on any atom is -0.475 e. The molecule has 36 heavy (non-hydrogen) atoms. The maximum Gasteiger partial charge on any atom is 0.490 e. The van der Waals surface area contributed by atoms with Crippen LogP contribution in [0.3, 0.4) is 0 Å². The fourth-order valence-electron chi connectivity index (χ4n) is 4.11. The number of pyridine rings is 1. The zero-order valence-corrected chi connectivity index (χ0v) is 19.3. The standard InChI is InChI=1S/C24H24N4O.C2HF3O2/c29-24-21-16-23(27-22(21)10-12-26-24)18-9-11-25-19(15-18)6-3-17-4-7-20(8-5-17)28-13-1-2-14-28;3-2(4,5)1(6)7/h3-9,11,15-16,27H,1-2,10,12-14H2,(H,26,29);(H,6,7). The van der Waals surface area contributed by atoms with E-state index in [1.165, 1.54) is 18.5 Å². The molecule has 1 amide bonds. The summed E-state index contributed by atoms with van der Waals surface area (Å²) in [5, 5.41) is 10.0. The third-order valence-electron chi connectivity index (χ3n) is 5.95. The second kappa shape index (κ2) is 10.7. The van der Waals surface area contributed by atoms with E-state index < -0.39 is 12.1 Å². The van der Waals surface area contributed by atoms with Crippen LogP contribution in [0.5, 0.6) is 0 Å². The van der Waals surface area contributed by atoms with Gasteiger partial charge in [-0.25, -0.2) is 4.79 Å². The molecule has 3 N–H and O–H groups in total. The molecular formula is C26H25F3N4O3. The lowest BCUT2D eigenvalue weighted by atomic mass is 10.1. The number of nitrogens with one attached hydrogen (secondary N) is 2. The van der Waals surface area contributed by atoms with Crippen molar-refractivity contribution >= 4 is 29.7 Å². The Morgan fingerprint density at radius 1 is 1.06 bits per heavy atom. The van der Waals surface area contributed by atoms with Crippen LogP contribution < -0.4 is 10.2 Å². The Balaban J connectivity index is 0.000000384. The molecule has 188 valence electrons. The molecule has 0 saturated carbocycles. The van der Waals surface area contributed by atoms with Crippen LogP contribution in [-0.4, -0.2) is 52.8 Å². The third-order valence-corrected chi connectivity index (χ3v) is 5.95. The van der Waals surface area contributed by atoms with Crippen molar-refractivity contribution in [2.75, 3.05) is 24.5 Å². The van der Waals surface area contributed by atoms with E-state index in [0.29, 0.717) is 6.54 Å². The van der Waals surface area contributed by atoms with E-state index in [-0.39, 0.29) is 5.91 Å². The van der Waals surface area contributed by atoms with Gasteiger partial charge in [0.1, 0.15) is 0 Å². The van der Waals surface area contributed by atoms with Crippen LogP contribution in [-0.2, 0) is 11.2 Å². The van der Waals surface area contributed by atoms with E-state index in [0.717, 1.165) is 53.3 Å². The summed E-state index contributed by atoms with van der Waals surface area (Å²) in [4.78, 5) is 31.2. The number of alkyl halides is 3. The number of aromatic nitrogens is 2. The Morgan fingerprint density at radius 2 is 1.75 bits per heavy atom. The summed E-state index contributed by atoms with van der Waals surface area (Å²) in [5.74, 6) is -2.76. The lowest BCUT2D eigenvalue weighted by Crippen LogP contribution is -2.31. The maximum absolute atomic E-state index is 12.0. The first kappa shape index (κ1) is 25.0. The SMILES string of the molecule is O=C(O)C(F)(F)F.O=C1NCCc2[nH]c(-c3ccnc(C=Cc4ccc(N5CCCC5)cc4)c3)cc21. The molecule has 2 aliphatic heterocycles. The maximum atomic E-state index is 12.0. The van der Waals surface area contributed by atoms with E-state index in [1.54, 1.807) is 0 Å². The number of carbonyl (C=O) groups is 2. The van der Waals surface area contributed by atoms with Gasteiger partial charge in [-0.3, -0.25) is 9.78 Å². The monoisotopic (exact) mass is 498 g/mol. The average Bonchev–Trinajstić information content (AvgIpc) is 3.54. The first-order chi connectivity index (χ1) is 17.2. The number of amides is 1. The van der Waals surface area contributed by atoms with Gasteiger partial charge in [0.05, 0.1) is 11.3 Å². The number of aromatic amines is 1. The Labute approximate surface area is 205 Å². The van der Waals surface area contributed by atoms with Crippen molar-refractivity contribution in [3.8, 4) is 11.3 Å². The number of aliphatic carboxylic acids is 1. The Morgan fingerprint density at radius 3 is 2.39 bits per heavy atom. The molecule has 7 nitrogen and oxygen atoms in total. The van der Waals surface area contributed by atoms with Gasteiger partial charge in [-0.1, -0.05) is 18.2 Å². The second-order valence-electron chi connectivity index (χ2n) is 8.47. The molecule has 10 heteroatoms. The van der Waals surface area contributed by atoms with E-state index in [1.807, 2.05) is 30.5 Å². The number of rotatable bonds is 4. The van der Waals surface area contributed by atoms with Crippen LogP contribution in [0.1, 0.15) is 40.2 Å². The van der Waals surface area contributed by atoms with Crippen molar-refractivity contribution < 1.29 is 27.9 Å². The van der Waals surface area contributed by atoms with Gasteiger partial charge in [-0.15, -0.1) is 0 Å². The highest BCUT2D eigenvalue weighted by Crippen LogP contribution is 2.25. The quantitative estimate of drug-likeness (QED) is 0.482. The Hall–Kier alpha value is -4.08. The van der Waals surface area contributed by atoms with Gasteiger partial charge >= 0.3 is 12.1 Å². The molecule has 2 aliphatic rings. The topological polar surface area (TPSA) is 98.3 Å². The van der Waals surface area contributed by atoms with Gasteiger partial charge in [0.25, 0.3) is 5.91 Å². The molecule has 0 spiro atoms. The fraction of sp³-hybridized carbons (Fsp3) is 0.269. The molecular weight excluding hydrogens is 473 g/mol. The van der Waals surface area contributed by atoms with Crippen molar-refractivity contribution in [3.05, 3.63) is 71.2 Å². The number of nitrogens with zero attached hydrogens (tertiary/aromatic N) is 2. The molecule has 0 aliphatic carbocycles. The number of fused-ring (bicyclic) bond motifs is 1. The number of carboxylic acid groups (broad SMARTS) is 1. The van der Waals surface area contributed by atoms with Gasteiger partial charge in [-0.05, 0) is 54.8 Å². The van der Waals surface area contributed by atoms with Gasteiger partial charge < -0.3 is 20.3 Å². The zero-order chi connectivity index (χ0) is 25.7. The number of carbonyl (C=O) groups excluding carboxylic acids is 1. The molecule has 0 atom stereocenters. The largest absolute Gasteiger partial charge is 0.490 e. The predicted octanol–water partition coefficient (Wildman–Crippen LogP) is 4.77. The van der Waals surface area contributed by atoms with Crippen LogP contribution in [0.25, 0.3) is 23.4 Å². The molecule has 4 heterocycles. The molecule has 5 rings (SSSR count). The molecule has 0 unspecified atom stereocenters. The Bertz CT molecular complexity index is 1260. The molecule has 0 bridgehead atoms. The summed E-state index contributed by atoms with van der Waals surface area (Å²) in [6.07, 6.45) is 4.27. The highest BCUT2D eigenvalue weighted by atomic mass is 19.4. The van der Waals surface area contributed by atoms with Crippen LogP contribution in [0.15, 0.2) is 48.7 Å². The summed E-state index contributed by atoms with van der Waals surface area (Å²) in [7, 11) is 0. The van der Waals surface area contributed by atoms with E-state index in [2.05, 4.69) is 50.5 Å². The third kappa shape index (κ3) is 6.12. The molecule has 2 aromatic heterocycles. The highest BCUT2D eigenvalue weighted by Gasteiger charge is 2.38. The van der Waals surface area contributed by atoms with E-state index in [9.17, 15) is 18.0 Å². The van der Waals surface area contributed by atoms with Crippen LogP contribution in [0.4, 0.5) is 18.9 Å². The second-order valence-corrected chi connectivity index (χ2v) is 8.47. The van der Waals surface area contributed by atoms with Gasteiger partial charge in [-0.2, -0.15) is 13.2 Å². The predicted molar refractivity (Wildman–Crippen MR) is 131 cm³/mol. The smallest absolute Gasteiger partial charge is 0.475 e. The first-order valence-electron chi connectivity index (χ1n) is 11.5. The molecule has 1 aromatic carbocycles. The number of H-pyrrole nitrogens is 1. The summed E-state index contributed by atoms with van der Waals surface area (Å²) < 4.78 is 31.7. The number of halogens is 3. The zero-order valence-electron chi connectivity index (χ0n) is 19.3. The first-order valence-corrected chi connectivity index (χ1v) is 11.5. The van der Waals surface area contributed by atoms with Crippen molar-refractivity contribution in [3.63, 3.8) is 0 Å². The van der Waals surface area contributed by atoms with Crippen LogP contribution in [0.2, 0.25) is 0 Å².